The number of alkyl halides is 6. The zero-order valence-corrected chi connectivity index (χ0v) is 21.2. The predicted molar refractivity (Wildman–Crippen MR) is 126 cm³/mol. The predicted octanol–water partition coefficient (Wildman–Crippen LogP) is 5.31. The maximum absolute atomic E-state index is 14.2. The summed E-state index contributed by atoms with van der Waals surface area (Å²) in [4.78, 5) is 20.4. The molecule has 8 nitrogen and oxygen atoms in total. The number of aliphatic hydroxyl groups is 1. The van der Waals surface area contributed by atoms with Gasteiger partial charge in [0.2, 0.25) is 0 Å². The number of hydrogen-bond acceptors (Lipinski definition) is 6. The lowest BCUT2D eigenvalue weighted by Crippen LogP contribution is -2.45. The first-order chi connectivity index (χ1) is 17.2. The molecule has 208 valence electrons. The largest absolute Gasteiger partial charge is 0.444 e. The van der Waals surface area contributed by atoms with E-state index in [1.165, 1.54) is 20.0 Å². The van der Waals surface area contributed by atoms with Gasteiger partial charge in [0.05, 0.1) is 11.9 Å². The van der Waals surface area contributed by atoms with Crippen molar-refractivity contribution in [3.8, 4) is 11.3 Å². The van der Waals surface area contributed by atoms with Crippen molar-refractivity contribution in [2.45, 2.75) is 57.7 Å². The zero-order chi connectivity index (χ0) is 28.8. The molecule has 0 saturated carbocycles. The molecule has 14 heteroatoms. The lowest BCUT2D eigenvalue weighted by Gasteiger charge is -2.33. The van der Waals surface area contributed by atoms with E-state index in [4.69, 9.17) is 10.5 Å². The number of fused-ring (bicyclic) bond motifs is 1. The van der Waals surface area contributed by atoms with Crippen LogP contribution in [-0.2, 0) is 16.5 Å². The number of carbonyl (C=O) groups is 1. The summed E-state index contributed by atoms with van der Waals surface area (Å²) in [6, 6.07) is 3.40. The maximum Gasteiger partial charge on any atom is 0.434 e. The molecular weight excluding hydrogens is 520 g/mol. The summed E-state index contributed by atoms with van der Waals surface area (Å²) in [6.45, 7) is 5.82. The number of imidazole rings is 1. The number of aromatic nitrogens is 3. The summed E-state index contributed by atoms with van der Waals surface area (Å²) in [5, 5.41) is 10.9. The van der Waals surface area contributed by atoms with Crippen LogP contribution in [0.1, 0.15) is 44.0 Å². The summed E-state index contributed by atoms with van der Waals surface area (Å²) in [5.41, 5.74) is -0.154. The molecule has 1 aromatic carbocycles. The minimum absolute atomic E-state index is 0.00866. The highest BCUT2D eigenvalue weighted by atomic mass is 19.4. The Kier molecular flexibility index (Phi) is 7.36. The standard InChI is InChI=1S/C24H27F6N5O3/c1-13-6-7-14(22(37,24(28,29)30)8-9-34(5)20(36)38-21(2,3)4)10-15(13)16-11-32-19-18(31)33-17(12-35(16)19)23(25,26)27/h6-7,10-12,37H,8-9H2,1-5H3,(H2,31,33). The first-order valence-electron chi connectivity index (χ1n) is 11.3. The van der Waals surface area contributed by atoms with E-state index < -0.39 is 59.7 Å². The fourth-order valence-corrected chi connectivity index (χ4v) is 3.71. The van der Waals surface area contributed by atoms with Crippen molar-refractivity contribution in [3.05, 3.63) is 47.4 Å². The SMILES string of the molecule is Cc1ccc(C(O)(CCN(C)C(=O)OC(C)(C)C)C(F)(F)F)cc1-c1cnc2c(N)nc(C(F)(F)F)cn12. The fraction of sp³-hybridized carbons (Fsp3) is 0.458. The summed E-state index contributed by atoms with van der Waals surface area (Å²) in [7, 11) is 1.24. The van der Waals surface area contributed by atoms with E-state index in [1.807, 2.05) is 0 Å². The first kappa shape index (κ1) is 29.0. The number of hydrogen-bond donors (Lipinski definition) is 2. The highest BCUT2D eigenvalue weighted by molar-refractivity contribution is 5.72. The Bertz CT molecular complexity index is 1350. The van der Waals surface area contributed by atoms with Gasteiger partial charge in [-0.05, 0) is 44.9 Å². The van der Waals surface area contributed by atoms with Crippen molar-refractivity contribution >= 4 is 17.6 Å². The van der Waals surface area contributed by atoms with E-state index in [-0.39, 0.29) is 16.9 Å². The number of nitrogens with two attached hydrogens (primary N) is 1. The number of halogens is 6. The van der Waals surface area contributed by atoms with E-state index in [0.717, 1.165) is 27.6 Å². The van der Waals surface area contributed by atoms with Crippen LogP contribution >= 0.6 is 0 Å². The second kappa shape index (κ2) is 9.64. The Morgan fingerprint density at radius 3 is 2.34 bits per heavy atom. The molecule has 0 saturated heterocycles. The number of rotatable bonds is 5. The van der Waals surface area contributed by atoms with Gasteiger partial charge in [-0.3, -0.25) is 4.40 Å². The van der Waals surface area contributed by atoms with Crippen LogP contribution in [0.15, 0.2) is 30.6 Å². The summed E-state index contributed by atoms with van der Waals surface area (Å²) in [6.07, 6.45) is -10.0. The molecule has 2 aromatic heterocycles. The van der Waals surface area contributed by atoms with Crippen LogP contribution in [0.2, 0.25) is 0 Å². The number of anilines is 1. The number of amides is 1. The van der Waals surface area contributed by atoms with Crippen LogP contribution in [0, 0.1) is 6.92 Å². The topological polar surface area (TPSA) is 106 Å². The van der Waals surface area contributed by atoms with E-state index in [2.05, 4.69) is 9.97 Å². The second-order valence-corrected chi connectivity index (χ2v) is 9.89. The molecule has 38 heavy (non-hydrogen) atoms. The minimum atomic E-state index is -5.16. The molecule has 0 aliphatic rings. The summed E-state index contributed by atoms with van der Waals surface area (Å²) in [5.74, 6) is -0.517. The molecular formula is C24H27F6N5O3. The first-order valence-corrected chi connectivity index (χ1v) is 11.3. The summed E-state index contributed by atoms with van der Waals surface area (Å²) < 4.78 is 88.8. The highest BCUT2D eigenvalue weighted by Crippen LogP contribution is 2.43. The van der Waals surface area contributed by atoms with Crippen LogP contribution in [-0.4, -0.2) is 55.8 Å². The Balaban J connectivity index is 2.07. The quantitative estimate of drug-likeness (QED) is 0.420. The lowest BCUT2D eigenvalue weighted by molar-refractivity contribution is -0.269. The molecule has 0 fully saturated rings. The van der Waals surface area contributed by atoms with Crippen LogP contribution < -0.4 is 5.73 Å². The Labute approximate surface area is 214 Å². The van der Waals surface area contributed by atoms with Crippen molar-refractivity contribution in [2.75, 3.05) is 19.3 Å². The van der Waals surface area contributed by atoms with Gasteiger partial charge in [0, 0.05) is 31.8 Å². The molecule has 1 amide bonds. The summed E-state index contributed by atoms with van der Waals surface area (Å²) >= 11 is 0. The monoisotopic (exact) mass is 547 g/mol. The van der Waals surface area contributed by atoms with Crippen molar-refractivity contribution in [1.29, 1.82) is 0 Å². The van der Waals surface area contributed by atoms with E-state index in [9.17, 15) is 36.2 Å². The number of nitrogens with zero attached hydrogens (tertiary/aromatic N) is 4. The third-order valence-electron chi connectivity index (χ3n) is 5.78. The molecule has 3 aromatic rings. The van der Waals surface area contributed by atoms with E-state index >= 15 is 0 Å². The number of benzene rings is 1. The van der Waals surface area contributed by atoms with Gasteiger partial charge in [-0.25, -0.2) is 14.8 Å². The van der Waals surface area contributed by atoms with Crippen molar-refractivity contribution in [3.63, 3.8) is 0 Å². The average Bonchev–Trinajstić information content (AvgIpc) is 3.19. The van der Waals surface area contributed by atoms with Crippen LogP contribution in [0.3, 0.4) is 0 Å². The van der Waals surface area contributed by atoms with Gasteiger partial charge >= 0.3 is 18.4 Å². The lowest BCUT2D eigenvalue weighted by atomic mass is 9.87. The van der Waals surface area contributed by atoms with Crippen molar-refractivity contribution < 1.29 is 41.0 Å². The molecule has 0 aliphatic heterocycles. The van der Waals surface area contributed by atoms with Gasteiger partial charge in [-0.2, -0.15) is 26.3 Å². The molecule has 2 heterocycles. The third kappa shape index (κ3) is 5.79. The average molecular weight is 548 g/mol. The van der Waals surface area contributed by atoms with Gasteiger partial charge in [0.25, 0.3) is 0 Å². The second-order valence-electron chi connectivity index (χ2n) is 9.89. The van der Waals surface area contributed by atoms with Crippen LogP contribution in [0.4, 0.5) is 37.0 Å². The molecule has 0 spiro atoms. The van der Waals surface area contributed by atoms with Crippen molar-refractivity contribution in [1.82, 2.24) is 19.3 Å². The van der Waals surface area contributed by atoms with Gasteiger partial charge in [0.1, 0.15) is 5.60 Å². The van der Waals surface area contributed by atoms with Gasteiger partial charge < -0.3 is 20.5 Å². The van der Waals surface area contributed by atoms with Gasteiger partial charge in [0.15, 0.2) is 22.8 Å². The minimum Gasteiger partial charge on any atom is -0.444 e. The normalized spacial score (nSPS) is 14.4. The Morgan fingerprint density at radius 2 is 1.79 bits per heavy atom. The Hall–Kier alpha value is -3.55. The van der Waals surface area contributed by atoms with Gasteiger partial charge in [-0.15, -0.1) is 0 Å². The maximum atomic E-state index is 14.2. The number of aryl methyl sites for hydroxylation is 1. The Morgan fingerprint density at radius 1 is 1.16 bits per heavy atom. The van der Waals surface area contributed by atoms with Gasteiger partial charge in [-0.1, -0.05) is 12.1 Å². The number of ether oxygens (including phenoxy) is 1. The van der Waals surface area contributed by atoms with Crippen LogP contribution in [0.5, 0.6) is 0 Å². The molecule has 0 bridgehead atoms. The fourth-order valence-electron chi connectivity index (χ4n) is 3.71. The molecule has 0 aliphatic carbocycles. The molecule has 1 unspecified atom stereocenters. The highest BCUT2D eigenvalue weighted by Gasteiger charge is 2.55. The molecule has 3 N–H and O–H groups in total. The smallest absolute Gasteiger partial charge is 0.434 e. The van der Waals surface area contributed by atoms with Crippen LogP contribution in [0.25, 0.3) is 16.9 Å². The molecule has 0 radical (unpaired) electrons. The molecule has 3 rings (SSSR count). The number of carbonyl (C=O) groups excluding carboxylic acids is 1. The van der Waals surface area contributed by atoms with E-state index in [1.54, 1.807) is 20.8 Å². The zero-order valence-electron chi connectivity index (χ0n) is 21.2. The number of nitrogen functional groups attached to an aromatic ring is 1. The third-order valence-corrected chi connectivity index (χ3v) is 5.78. The van der Waals surface area contributed by atoms with E-state index in [0.29, 0.717) is 11.8 Å². The molecule has 1 atom stereocenters. The van der Waals surface area contributed by atoms with Crippen molar-refractivity contribution in [2.24, 2.45) is 0 Å².